The van der Waals surface area contributed by atoms with Gasteiger partial charge in [0.05, 0.1) is 6.04 Å². The minimum atomic E-state index is -0.245. The molecule has 0 bridgehead atoms. The molecule has 5 heteroatoms. The van der Waals surface area contributed by atoms with Crippen molar-refractivity contribution in [1.29, 1.82) is 0 Å². The number of benzene rings is 1. The van der Waals surface area contributed by atoms with E-state index in [1.165, 1.54) is 12.1 Å². The molecule has 2 aromatic rings. The van der Waals surface area contributed by atoms with Crippen molar-refractivity contribution in [2.75, 3.05) is 0 Å². The molecule has 0 fully saturated rings. The summed E-state index contributed by atoms with van der Waals surface area (Å²) >= 11 is 6.08. The van der Waals surface area contributed by atoms with Crippen LogP contribution in [0.1, 0.15) is 44.1 Å². The summed E-state index contributed by atoms with van der Waals surface area (Å²) in [5.74, 6) is 0.814. The summed E-state index contributed by atoms with van der Waals surface area (Å²) < 4.78 is 14.8. The summed E-state index contributed by atoms with van der Waals surface area (Å²) in [4.78, 5) is 0. The summed E-state index contributed by atoms with van der Waals surface area (Å²) in [6.07, 6.45) is 0. The van der Waals surface area contributed by atoms with Gasteiger partial charge in [-0.3, -0.25) is 4.57 Å². The van der Waals surface area contributed by atoms with E-state index in [0.29, 0.717) is 5.28 Å². The van der Waals surface area contributed by atoms with Gasteiger partial charge in [-0.2, -0.15) is 0 Å². The van der Waals surface area contributed by atoms with Crippen LogP contribution in [0.25, 0.3) is 0 Å². The number of rotatable bonds is 3. The highest BCUT2D eigenvalue weighted by Crippen LogP contribution is 2.26. The van der Waals surface area contributed by atoms with E-state index in [9.17, 15) is 4.39 Å². The lowest BCUT2D eigenvalue weighted by atomic mass is 10.1. The number of halogens is 2. The highest BCUT2D eigenvalue weighted by Gasteiger charge is 2.19. The maximum Gasteiger partial charge on any atom is 0.225 e. The molecule has 3 nitrogen and oxygen atoms in total. The SMILES string of the molecule is CC(C)c1nnc(Cl)n1C(C)c1ccc(F)cc1. The molecule has 0 aliphatic carbocycles. The van der Waals surface area contributed by atoms with Crippen LogP contribution in [0.15, 0.2) is 24.3 Å². The molecule has 0 spiro atoms. The first-order valence-electron chi connectivity index (χ1n) is 5.86. The number of nitrogens with zero attached hydrogens (tertiary/aromatic N) is 3. The third-order valence-corrected chi connectivity index (χ3v) is 3.19. The average Bonchev–Trinajstić information content (AvgIpc) is 2.71. The van der Waals surface area contributed by atoms with Gasteiger partial charge in [-0.05, 0) is 36.2 Å². The summed E-state index contributed by atoms with van der Waals surface area (Å²) in [5, 5.41) is 8.35. The van der Waals surface area contributed by atoms with Crippen LogP contribution < -0.4 is 0 Å². The molecular weight excluding hydrogens is 253 g/mol. The number of hydrogen-bond donors (Lipinski definition) is 0. The first kappa shape index (κ1) is 13.0. The highest BCUT2D eigenvalue weighted by atomic mass is 35.5. The van der Waals surface area contributed by atoms with E-state index >= 15 is 0 Å². The first-order chi connectivity index (χ1) is 8.50. The van der Waals surface area contributed by atoms with Crippen LogP contribution in [0.3, 0.4) is 0 Å². The van der Waals surface area contributed by atoms with E-state index in [1.54, 1.807) is 12.1 Å². The van der Waals surface area contributed by atoms with Gasteiger partial charge in [-0.1, -0.05) is 26.0 Å². The van der Waals surface area contributed by atoms with Gasteiger partial charge in [0.2, 0.25) is 5.28 Å². The molecule has 0 amide bonds. The predicted molar refractivity (Wildman–Crippen MR) is 69.3 cm³/mol. The minimum Gasteiger partial charge on any atom is -0.294 e. The fourth-order valence-corrected chi connectivity index (χ4v) is 2.20. The maximum atomic E-state index is 12.9. The first-order valence-corrected chi connectivity index (χ1v) is 6.24. The molecule has 1 aromatic carbocycles. The van der Waals surface area contributed by atoms with Crippen LogP contribution >= 0.6 is 11.6 Å². The van der Waals surface area contributed by atoms with E-state index in [2.05, 4.69) is 10.2 Å². The van der Waals surface area contributed by atoms with Crippen molar-refractivity contribution in [2.24, 2.45) is 0 Å². The Morgan fingerprint density at radius 3 is 2.28 bits per heavy atom. The smallest absolute Gasteiger partial charge is 0.225 e. The van der Waals surface area contributed by atoms with Crippen molar-refractivity contribution in [1.82, 2.24) is 14.8 Å². The molecule has 0 saturated heterocycles. The second-order valence-electron chi connectivity index (χ2n) is 4.58. The van der Waals surface area contributed by atoms with Crippen LogP contribution in [-0.2, 0) is 0 Å². The van der Waals surface area contributed by atoms with Crippen molar-refractivity contribution in [3.63, 3.8) is 0 Å². The van der Waals surface area contributed by atoms with Crippen molar-refractivity contribution < 1.29 is 4.39 Å². The van der Waals surface area contributed by atoms with Crippen molar-refractivity contribution >= 4 is 11.6 Å². The Kier molecular flexibility index (Phi) is 3.66. The van der Waals surface area contributed by atoms with E-state index in [-0.39, 0.29) is 17.8 Å². The zero-order valence-electron chi connectivity index (χ0n) is 10.6. The molecule has 1 atom stereocenters. The van der Waals surface area contributed by atoms with Crippen LogP contribution in [0.4, 0.5) is 4.39 Å². The predicted octanol–water partition coefficient (Wildman–Crippen LogP) is 3.80. The Hall–Kier alpha value is -1.42. The molecule has 1 heterocycles. The molecule has 2 rings (SSSR count). The zero-order valence-corrected chi connectivity index (χ0v) is 11.3. The maximum absolute atomic E-state index is 12.9. The summed E-state index contributed by atoms with van der Waals surface area (Å²) in [6.45, 7) is 6.07. The molecular formula is C13H15ClFN3. The lowest BCUT2D eigenvalue weighted by molar-refractivity contribution is 0.575. The molecule has 1 aromatic heterocycles. The average molecular weight is 268 g/mol. The zero-order chi connectivity index (χ0) is 13.3. The van der Waals surface area contributed by atoms with Crippen LogP contribution in [0.2, 0.25) is 5.28 Å². The van der Waals surface area contributed by atoms with Gasteiger partial charge < -0.3 is 0 Å². The Balaban J connectivity index is 2.42. The molecule has 0 N–H and O–H groups in total. The van der Waals surface area contributed by atoms with Gasteiger partial charge in [-0.15, -0.1) is 10.2 Å². The Labute approximate surface area is 111 Å². The van der Waals surface area contributed by atoms with Gasteiger partial charge in [0.1, 0.15) is 11.6 Å². The second kappa shape index (κ2) is 5.06. The standard InChI is InChI=1S/C13H15ClFN3/c1-8(2)12-16-17-13(14)18(12)9(3)10-4-6-11(15)7-5-10/h4-9H,1-3H3. The fraction of sp³-hybridized carbons (Fsp3) is 0.385. The van der Waals surface area contributed by atoms with Gasteiger partial charge in [0.15, 0.2) is 0 Å². The Morgan fingerprint density at radius 1 is 1.11 bits per heavy atom. The van der Waals surface area contributed by atoms with E-state index in [0.717, 1.165) is 11.4 Å². The molecule has 0 saturated carbocycles. The lowest BCUT2D eigenvalue weighted by Crippen LogP contribution is -2.12. The van der Waals surface area contributed by atoms with Crippen LogP contribution in [-0.4, -0.2) is 14.8 Å². The third-order valence-electron chi connectivity index (χ3n) is 2.94. The van der Waals surface area contributed by atoms with Gasteiger partial charge in [-0.25, -0.2) is 4.39 Å². The second-order valence-corrected chi connectivity index (χ2v) is 4.92. The van der Waals surface area contributed by atoms with Crippen molar-refractivity contribution in [3.05, 3.63) is 46.8 Å². The summed E-state index contributed by atoms with van der Waals surface area (Å²) in [5.41, 5.74) is 0.972. The molecule has 0 radical (unpaired) electrons. The largest absolute Gasteiger partial charge is 0.294 e. The van der Waals surface area contributed by atoms with Crippen molar-refractivity contribution in [3.8, 4) is 0 Å². The van der Waals surface area contributed by atoms with E-state index in [4.69, 9.17) is 11.6 Å². The topological polar surface area (TPSA) is 30.7 Å². The van der Waals surface area contributed by atoms with Gasteiger partial charge in [0, 0.05) is 5.92 Å². The van der Waals surface area contributed by atoms with E-state index in [1.807, 2.05) is 25.3 Å². The summed E-state index contributed by atoms with van der Waals surface area (Å²) in [7, 11) is 0. The van der Waals surface area contributed by atoms with Gasteiger partial charge >= 0.3 is 0 Å². The minimum absolute atomic E-state index is 0.0227. The van der Waals surface area contributed by atoms with Gasteiger partial charge in [0.25, 0.3) is 0 Å². The summed E-state index contributed by atoms with van der Waals surface area (Å²) in [6, 6.07) is 6.37. The molecule has 0 aliphatic heterocycles. The monoisotopic (exact) mass is 267 g/mol. The molecule has 96 valence electrons. The normalized spacial score (nSPS) is 13.0. The lowest BCUT2D eigenvalue weighted by Gasteiger charge is -2.18. The third kappa shape index (κ3) is 2.38. The quantitative estimate of drug-likeness (QED) is 0.847. The molecule has 0 aliphatic rings. The van der Waals surface area contributed by atoms with Crippen LogP contribution in [0.5, 0.6) is 0 Å². The number of aromatic nitrogens is 3. The fourth-order valence-electron chi connectivity index (χ4n) is 1.93. The molecule has 1 unspecified atom stereocenters. The Bertz CT molecular complexity index is 534. The Morgan fingerprint density at radius 2 is 1.72 bits per heavy atom. The van der Waals surface area contributed by atoms with Crippen molar-refractivity contribution in [2.45, 2.75) is 32.7 Å². The molecule has 18 heavy (non-hydrogen) atoms. The number of hydrogen-bond acceptors (Lipinski definition) is 2. The van der Waals surface area contributed by atoms with E-state index < -0.39 is 0 Å². The van der Waals surface area contributed by atoms with Crippen LogP contribution in [0, 0.1) is 5.82 Å². The highest BCUT2D eigenvalue weighted by molar-refractivity contribution is 6.28.